The number of amides is 1. The van der Waals surface area contributed by atoms with E-state index in [-0.39, 0.29) is 37.0 Å². The van der Waals surface area contributed by atoms with Crippen molar-refractivity contribution in [1.82, 2.24) is 14.2 Å². The Balaban J connectivity index is 1.22. The lowest BCUT2D eigenvalue weighted by Crippen LogP contribution is -2.58. The van der Waals surface area contributed by atoms with Crippen LogP contribution in [-0.4, -0.2) is 78.5 Å². The van der Waals surface area contributed by atoms with E-state index in [4.69, 9.17) is 11.6 Å². The second kappa shape index (κ2) is 9.39. The molecule has 2 saturated heterocycles. The number of β-amino-alcohol motifs (C(OH)–C–C–N with tert-alkyl or cyclic N) is 1. The summed E-state index contributed by atoms with van der Waals surface area (Å²) in [5.74, 6) is -0.294. The van der Waals surface area contributed by atoms with Crippen LogP contribution < -0.4 is 4.90 Å². The van der Waals surface area contributed by atoms with Crippen LogP contribution in [0, 0.1) is 0 Å². The highest BCUT2D eigenvalue weighted by Crippen LogP contribution is 2.29. The van der Waals surface area contributed by atoms with Gasteiger partial charge in [0.15, 0.2) is 0 Å². The van der Waals surface area contributed by atoms with Crippen LogP contribution in [0.3, 0.4) is 0 Å². The van der Waals surface area contributed by atoms with Gasteiger partial charge < -0.3 is 14.9 Å². The average molecular weight is 515 g/mol. The second-order valence-corrected chi connectivity index (χ2v) is 11.6. The van der Waals surface area contributed by atoms with Crippen molar-refractivity contribution in [2.24, 2.45) is 0 Å². The Morgan fingerprint density at radius 3 is 2.34 bits per heavy atom. The molecular weight excluding hydrogens is 488 g/mol. The highest BCUT2D eigenvalue weighted by Gasteiger charge is 2.39. The molecule has 3 aromatic rings. The third-order valence-corrected chi connectivity index (χ3v) is 8.98. The summed E-state index contributed by atoms with van der Waals surface area (Å²) in [5.41, 5.74) is 0.0774. The lowest BCUT2D eigenvalue weighted by molar-refractivity contribution is -0.138. The van der Waals surface area contributed by atoms with Gasteiger partial charge in [-0.1, -0.05) is 23.7 Å². The van der Waals surface area contributed by atoms with Gasteiger partial charge in [-0.3, -0.25) is 9.78 Å². The molecular formula is C25H27ClN4O4S. The Morgan fingerprint density at radius 2 is 1.63 bits per heavy atom. The standard InChI is InChI=1S/C25H27ClN4O4S/c26-21-3-1-20-16-23(4-2-19(20)15-21)35(33,34)30-14-13-29(24(31)17-30)18-25(32)7-11-28(12-8-25)22-5-9-27-10-6-22/h1-6,9-10,15-16,32H,7-8,11-14,17-18H2. The predicted octanol–water partition coefficient (Wildman–Crippen LogP) is 2.75. The summed E-state index contributed by atoms with van der Waals surface area (Å²) in [7, 11) is -3.83. The molecule has 35 heavy (non-hydrogen) atoms. The molecule has 0 bridgehead atoms. The molecule has 0 spiro atoms. The number of halogens is 1. The summed E-state index contributed by atoms with van der Waals surface area (Å²) >= 11 is 6.02. The van der Waals surface area contributed by atoms with E-state index in [1.807, 2.05) is 12.1 Å². The maximum atomic E-state index is 13.2. The van der Waals surface area contributed by atoms with Gasteiger partial charge in [-0.25, -0.2) is 8.42 Å². The van der Waals surface area contributed by atoms with Crippen LogP contribution >= 0.6 is 11.6 Å². The van der Waals surface area contributed by atoms with Crippen LogP contribution in [-0.2, 0) is 14.8 Å². The van der Waals surface area contributed by atoms with E-state index >= 15 is 0 Å². The lowest BCUT2D eigenvalue weighted by atomic mass is 9.90. The van der Waals surface area contributed by atoms with Crippen LogP contribution in [0.4, 0.5) is 5.69 Å². The van der Waals surface area contributed by atoms with E-state index in [1.54, 1.807) is 53.7 Å². The number of aliphatic hydroxyl groups is 1. The Hall–Kier alpha value is -2.72. The van der Waals surface area contributed by atoms with Gasteiger partial charge in [0.25, 0.3) is 0 Å². The first-order valence-corrected chi connectivity index (χ1v) is 13.4. The summed E-state index contributed by atoms with van der Waals surface area (Å²) < 4.78 is 27.7. The highest BCUT2D eigenvalue weighted by molar-refractivity contribution is 7.89. The number of hydrogen-bond donors (Lipinski definition) is 1. The molecule has 184 valence electrons. The van der Waals surface area contributed by atoms with Crippen molar-refractivity contribution < 1.29 is 18.3 Å². The fraction of sp³-hybridized carbons (Fsp3) is 0.360. The number of hydrogen-bond acceptors (Lipinski definition) is 6. The Labute approximate surface area is 209 Å². The number of benzene rings is 2. The number of anilines is 1. The van der Waals surface area contributed by atoms with E-state index in [1.165, 1.54) is 4.31 Å². The van der Waals surface area contributed by atoms with Gasteiger partial charge >= 0.3 is 0 Å². The molecule has 2 fully saturated rings. The average Bonchev–Trinajstić information content (AvgIpc) is 2.86. The number of fused-ring (bicyclic) bond motifs is 1. The van der Waals surface area contributed by atoms with Crippen molar-refractivity contribution in [3.8, 4) is 0 Å². The largest absolute Gasteiger partial charge is 0.388 e. The van der Waals surface area contributed by atoms with Gasteiger partial charge in [0.05, 0.1) is 17.0 Å². The Bertz CT molecular complexity index is 1340. The van der Waals surface area contributed by atoms with E-state index in [0.29, 0.717) is 31.0 Å². The molecule has 0 saturated carbocycles. The van der Waals surface area contributed by atoms with Crippen LogP contribution in [0.2, 0.25) is 5.02 Å². The number of carbonyl (C=O) groups excluding carboxylic acids is 1. The fourth-order valence-corrected chi connectivity index (χ4v) is 6.41. The van der Waals surface area contributed by atoms with Gasteiger partial charge in [-0.2, -0.15) is 4.31 Å². The van der Waals surface area contributed by atoms with Crippen LogP contribution in [0.1, 0.15) is 12.8 Å². The minimum absolute atomic E-state index is 0.149. The zero-order valence-corrected chi connectivity index (χ0v) is 20.7. The molecule has 10 heteroatoms. The zero-order valence-electron chi connectivity index (χ0n) is 19.2. The molecule has 8 nitrogen and oxygen atoms in total. The van der Waals surface area contributed by atoms with Crippen molar-refractivity contribution in [2.45, 2.75) is 23.3 Å². The molecule has 2 aromatic carbocycles. The molecule has 5 rings (SSSR count). The van der Waals surface area contributed by atoms with Crippen molar-refractivity contribution in [3.63, 3.8) is 0 Å². The smallest absolute Gasteiger partial charge is 0.243 e. The van der Waals surface area contributed by atoms with Gasteiger partial charge in [0, 0.05) is 55.8 Å². The predicted molar refractivity (Wildman–Crippen MR) is 135 cm³/mol. The molecule has 0 radical (unpaired) electrons. The summed E-state index contributed by atoms with van der Waals surface area (Å²) in [6, 6.07) is 14.0. The fourth-order valence-electron chi connectivity index (χ4n) is 4.81. The molecule has 0 unspecified atom stereocenters. The maximum absolute atomic E-state index is 13.2. The number of aromatic nitrogens is 1. The van der Waals surface area contributed by atoms with Crippen LogP contribution in [0.25, 0.3) is 10.8 Å². The van der Waals surface area contributed by atoms with E-state index < -0.39 is 15.6 Å². The number of carbonyl (C=O) groups is 1. The molecule has 0 aliphatic carbocycles. The molecule has 1 aromatic heterocycles. The van der Waals surface area contributed by atoms with Gasteiger partial charge in [-0.15, -0.1) is 0 Å². The number of piperidine rings is 1. The Kier molecular flexibility index (Phi) is 6.43. The molecule has 1 N–H and O–H groups in total. The number of sulfonamides is 1. The van der Waals surface area contributed by atoms with Gasteiger partial charge in [-0.05, 0) is 60.0 Å². The SMILES string of the molecule is O=C1CN(S(=O)(=O)c2ccc3cc(Cl)ccc3c2)CCN1CC1(O)CCN(c2ccncc2)CC1. The zero-order chi connectivity index (χ0) is 24.6. The minimum Gasteiger partial charge on any atom is -0.388 e. The highest BCUT2D eigenvalue weighted by atomic mass is 35.5. The summed E-state index contributed by atoms with van der Waals surface area (Å²) in [4.78, 5) is 20.9. The third-order valence-electron chi connectivity index (χ3n) is 6.90. The summed E-state index contributed by atoms with van der Waals surface area (Å²) in [6.07, 6.45) is 4.55. The molecule has 2 aliphatic heterocycles. The number of piperazine rings is 1. The quantitative estimate of drug-likeness (QED) is 0.562. The first kappa shape index (κ1) is 24.0. The lowest BCUT2D eigenvalue weighted by Gasteiger charge is -2.43. The maximum Gasteiger partial charge on any atom is 0.243 e. The normalized spacial score (nSPS) is 19.3. The number of nitrogens with zero attached hydrogens (tertiary/aromatic N) is 4. The monoisotopic (exact) mass is 514 g/mol. The first-order valence-electron chi connectivity index (χ1n) is 11.6. The van der Waals surface area contributed by atoms with Crippen molar-refractivity contribution in [1.29, 1.82) is 0 Å². The number of pyridine rings is 1. The van der Waals surface area contributed by atoms with Gasteiger partial charge in [0.1, 0.15) is 0 Å². The minimum atomic E-state index is -3.83. The topological polar surface area (TPSA) is 94.0 Å². The third kappa shape index (κ3) is 4.99. The van der Waals surface area contributed by atoms with Crippen molar-refractivity contribution in [3.05, 3.63) is 65.9 Å². The molecule has 0 atom stereocenters. The summed E-state index contributed by atoms with van der Waals surface area (Å²) in [5, 5.41) is 13.4. The molecule has 2 aliphatic rings. The number of rotatable bonds is 5. The van der Waals surface area contributed by atoms with Crippen LogP contribution in [0.15, 0.2) is 65.8 Å². The Morgan fingerprint density at radius 1 is 0.943 bits per heavy atom. The molecule has 3 heterocycles. The molecule has 1 amide bonds. The van der Waals surface area contributed by atoms with E-state index in [9.17, 15) is 18.3 Å². The van der Waals surface area contributed by atoms with Crippen molar-refractivity contribution in [2.75, 3.05) is 44.2 Å². The van der Waals surface area contributed by atoms with Crippen LogP contribution in [0.5, 0.6) is 0 Å². The second-order valence-electron chi connectivity index (χ2n) is 9.22. The first-order chi connectivity index (χ1) is 16.7. The summed E-state index contributed by atoms with van der Waals surface area (Å²) in [6.45, 7) is 1.76. The van der Waals surface area contributed by atoms with E-state index in [2.05, 4.69) is 9.88 Å². The van der Waals surface area contributed by atoms with Gasteiger partial charge in [0.2, 0.25) is 15.9 Å². The van der Waals surface area contributed by atoms with E-state index in [0.717, 1.165) is 16.5 Å². The van der Waals surface area contributed by atoms with Crippen molar-refractivity contribution >= 4 is 44.0 Å².